The molecule has 0 aromatic heterocycles. The van der Waals surface area contributed by atoms with Gasteiger partial charge in [-0.15, -0.1) is 0 Å². The summed E-state index contributed by atoms with van der Waals surface area (Å²) >= 11 is 0. The molecular formula is C13H22N2. The predicted molar refractivity (Wildman–Crippen MR) is 67.3 cm³/mol. The smallest absolute Gasteiger partial charge is 0.0911 e. The Kier molecular flexibility index (Phi) is 6.43. The van der Waals surface area contributed by atoms with Crippen LogP contribution in [0.15, 0.2) is 24.4 Å². The van der Waals surface area contributed by atoms with Crippen LogP contribution in [0.1, 0.15) is 33.3 Å². The molecule has 0 atom stereocenters. The number of hydrogen-bond acceptors (Lipinski definition) is 1. The number of hydrogen-bond donors (Lipinski definition) is 0. The fourth-order valence-corrected chi connectivity index (χ4v) is 1.27. The van der Waals surface area contributed by atoms with Crippen LogP contribution < -0.4 is 0 Å². The molecule has 0 bridgehead atoms. The first-order chi connectivity index (χ1) is 7.25. The molecule has 2 rings (SSSR count). The van der Waals surface area contributed by atoms with Gasteiger partial charge in [-0.25, -0.2) is 0 Å². The van der Waals surface area contributed by atoms with Crippen LogP contribution in [-0.2, 0) is 7.05 Å². The Balaban J connectivity index is 0.000000442. The summed E-state index contributed by atoms with van der Waals surface area (Å²) in [6.45, 7) is 10.1. The third-order valence-corrected chi connectivity index (χ3v) is 1.78. The highest BCUT2D eigenvalue weighted by Crippen LogP contribution is 2.21. The molecule has 15 heavy (non-hydrogen) atoms. The monoisotopic (exact) mass is 206 g/mol. The zero-order valence-electron chi connectivity index (χ0n) is 10.7. The maximum Gasteiger partial charge on any atom is 0.0911 e. The zero-order valence-corrected chi connectivity index (χ0v) is 10.7. The molecule has 2 heteroatoms. The van der Waals surface area contributed by atoms with Gasteiger partial charge in [0.1, 0.15) is 0 Å². The van der Waals surface area contributed by atoms with Gasteiger partial charge in [-0.1, -0.05) is 27.7 Å². The number of rotatable bonds is 0. The zero-order chi connectivity index (χ0) is 11.8. The van der Waals surface area contributed by atoms with Crippen LogP contribution in [0.3, 0.4) is 0 Å². The minimum atomic E-state index is 1.08. The Morgan fingerprint density at radius 3 is 2.27 bits per heavy atom. The third-order valence-electron chi connectivity index (χ3n) is 1.78. The quantitative estimate of drug-likeness (QED) is 0.639. The van der Waals surface area contributed by atoms with Gasteiger partial charge in [-0.2, -0.15) is 5.10 Å². The SMILES string of the molecule is CC.CC.Cc1cc2ccn(C)nc-2c1. The van der Waals surface area contributed by atoms with E-state index >= 15 is 0 Å². The Morgan fingerprint density at radius 1 is 1.07 bits per heavy atom. The van der Waals surface area contributed by atoms with E-state index < -0.39 is 0 Å². The van der Waals surface area contributed by atoms with Crippen molar-refractivity contribution in [2.45, 2.75) is 34.6 Å². The van der Waals surface area contributed by atoms with E-state index in [2.05, 4.69) is 30.2 Å². The molecule has 1 aliphatic heterocycles. The minimum absolute atomic E-state index is 1.08. The first-order valence-corrected chi connectivity index (χ1v) is 5.66. The Hall–Kier alpha value is -1.31. The van der Waals surface area contributed by atoms with Gasteiger partial charge in [0, 0.05) is 18.8 Å². The first kappa shape index (κ1) is 13.7. The Bertz CT molecular complexity index is 350. The van der Waals surface area contributed by atoms with Crippen LogP contribution in [0.5, 0.6) is 0 Å². The average Bonchev–Trinajstić information content (AvgIpc) is 2.63. The Labute approximate surface area is 93.3 Å². The van der Waals surface area contributed by atoms with Crippen molar-refractivity contribution < 1.29 is 0 Å². The van der Waals surface area contributed by atoms with Gasteiger partial charge in [0.25, 0.3) is 0 Å². The van der Waals surface area contributed by atoms with E-state index in [9.17, 15) is 0 Å². The van der Waals surface area contributed by atoms with Crippen LogP contribution in [0.25, 0.3) is 11.3 Å². The van der Waals surface area contributed by atoms with E-state index in [-0.39, 0.29) is 0 Å². The van der Waals surface area contributed by atoms with Gasteiger partial charge in [-0.3, -0.25) is 4.68 Å². The topological polar surface area (TPSA) is 17.8 Å². The second kappa shape index (κ2) is 7.04. The number of aryl methyl sites for hydroxylation is 2. The van der Waals surface area contributed by atoms with Crippen molar-refractivity contribution in [2.75, 3.05) is 0 Å². The van der Waals surface area contributed by atoms with Crippen LogP contribution in [0.4, 0.5) is 0 Å². The molecule has 0 saturated carbocycles. The first-order valence-electron chi connectivity index (χ1n) is 5.66. The molecule has 2 nitrogen and oxygen atoms in total. The molecule has 0 N–H and O–H groups in total. The molecule has 0 aromatic carbocycles. The lowest BCUT2D eigenvalue weighted by molar-refractivity contribution is 0.744. The molecule has 2 aliphatic rings. The number of aromatic nitrogens is 2. The van der Waals surface area contributed by atoms with Crippen molar-refractivity contribution in [3.8, 4) is 11.3 Å². The summed E-state index contributed by atoms with van der Waals surface area (Å²) in [6, 6.07) is 6.31. The van der Waals surface area contributed by atoms with E-state index in [1.807, 2.05) is 45.6 Å². The molecule has 84 valence electrons. The van der Waals surface area contributed by atoms with Gasteiger partial charge >= 0.3 is 0 Å². The summed E-state index contributed by atoms with van der Waals surface area (Å²) in [6.07, 6.45) is 1.96. The third kappa shape index (κ3) is 3.74. The average molecular weight is 206 g/mol. The second-order valence-electron chi connectivity index (χ2n) is 2.86. The molecular weight excluding hydrogens is 184 g/mol. The van der Waals surface area contributed by atoms with Crippen molar-refractivity contribution in [1.29, 1.82) is 0 Å². The Morgan fingerprint density at radius 2 is 1.67 bits per heavy atom. The lowest BCUT2D eigenvalue weighted by Crippen LogP contribution is -1.96. The molecule has 0 aromatic rings. The van der Waals surface area contributed by atoms with Crippen LogP contribution in [0.2, 0.25) is 0 Å². The van der Waals surface area contributed by atoms with Crippen molar-refractivity contribution in [1.82, 2.24) is 9.78 Å². The highest BCUT2D eigenvalue weighted by molar-refractivity contribution is 5.63. The summed E-state index contributed by atoms with van der Waals surface area (Å²) in [4.78, 5) is 0. The lowest BCUT2D eigenvalue weighted by Gasteiger charge is -1.99. The van der Waals surface area contributed by atoms with E-state index in [0.717, 1.165) is 5.69 Å². The highest BCUT2D eigenvalue weighted by Gasteiger charge is 2.03. The molecule has 0 radical (unpaired) electrons. The van der Waals surface area contributed by atoms with Gasteiger partial charge < -0.3 is 0 Å². The maximum atomic E-state index is 4.31. The van der Waals surface area contributed by atoms with Gasteiger partial charge in [-0.05, 0) is 30.7 Å². The summed E-state index contributed by atoms with van der Waals surface area (Å²) in [5, 5.41) is 4.31. The van der Waals surface area contributed by atoms with Crippen molar-refractivity contribution in [2.24, 2.45) is 7.05 Å². The number of nitrogens with zero attached hydrogens (tertiary/aromatic N) is 2. The molecule has 1 aliphatic carbocycles. The highest BCUT2D eigenvalue weighted by atomic mass is 15.2. The minimum Gasteiger partial charge on any atom is -0.275 e. The van der Waals surface area contributed by atoms with Gasteiger partial charge in [0.2, 0.25) is 0 Å². The van der Waals surface area contributed by atoms with Crippen LogP contribution in [-0.4, -0.2) is 9.78 Å². The molecule has 0 unspecified atom stereocenters. The van der Waals surface area contributed by atoms with Crippen molar-refractivity contribution >= 4 is 0 Å². The summed E-state index contributed by atoms with van der Waals surface area (Å²) in [7, 11) is 1.93. The molecule has 0 spiro atoms. The van der Waals surface area contributed by atoms with Crippen molar-refractivity contribution in [3.05, 3.63) is 30.0 Å². The normalized spacial score (nSPS) is 8.67. The summed E-state index contributed by atoms with van der Waals surface area (Å²) in [5.41, 5.74) is 3.58. The number of fused-ring (bicyclic) bond motifs is 1. The standard InChI is InChI=1S/C9H10N2.2C2H6/c1-7-5-8-3-4-11(2)10-9(8)6-7;2*1-2/h3-6H,1-2H3;2*1-2H3. The lowest BCUT2D eigenvalue weighted by atomic mass is 10.3. The van der Waals surface area contributed by atoms with Gasteiger partial charge in [0.15, 0.2) is 0 Å². The van der Waals surface area contributed by atoms with Crippen molar-refractivity contribution in [3.63, 3.8) is 0 Å². The maximum absolute atomic E-state index is 4.31. The predicted octanol–water partition coefficient (Wildman–Crippen LogP) is 3.89. The second-order valence-corrected chi connectivity index (χ2v) is 2.86. The van der Waals surface area contributed by atoms with E-state index in [4.69, 9.17) is 0 Å². The summed E-state index contributed by atoms with van der Waals surface area (Å²) in [5.74, 6) is 0. The fraction of sp³-hybridized carbons (Fsp3) is 0.462. The fourth-order valence-electron chi connectivity index (χ4n) is 1.27. The summed E-state index contributed by atoms with van der Waals surface area (Å²) < 4.78 is 1.82. The molecule has 0 saturated heterocycles. The van der Waals surface area contributed by atoms with E-state index in [1.54, 1.807) is 0 Å². The van der Waals surface area contributed by atoms with E-state index in [1.165, 1.54) is 11.1 Å². The van der Waals surface area contributed by atoms with Crippen LogP contribution >= 0.6 is 0 Å². The van der Waals surface area contributed by atoms with Gasteiger partial charge in [0.05, 0.1) is 5.69 Å². The molecule has 1 heterocycles. The van der Waals surface area contributed by atoms with Crippen LogP contribution in [0, 0.1) is 6.92 Å². The molecule has 0 amide bonds. The van der Waals surface area contributed by atoms with E-state index in [0.29, 0.717) is 0 Å². The molecule has 0 fully saturated rings. The largest absolute Gasteiger partial charge is 0.275 e.